The van der Waals surface area contributed by atoms with E-state index in [1.807, 2.05) is 68.6 Å². The Bertz CT molecular complexity index is 1030. The highest BCUT2D eigenvalue weighted by atomic mass is 32.1. The highest BCUT2D eigenvalue weighted by molar-refractivity contribution is 7.18. The number of hydrogen-bond acceptors (Lipinski definition) is 6. The van der Waals surface area contributed by atoms with Gasteiger partial charge in [0, 0.05) is 29.3 Å². The number of aromatic nitrogens is 4. The number of nitrogens with one attached hydrogen (secondary N) is 1. The minimum atomic E-state index is 0.569. The Labute approximate surface area is 155 Å². The normalized spacial score (nSPS) is 10.7. The van der Waals surface area contributed by atoms with Crippen LogP contribution in [-0.4, -0.2) is 19.9 Å². The summed E-state index contributed by atoms with van der Waals surface area (Å²) >= 11 is 1.62. The maximum atomic E-state index is 4.70. The first-order valence-corrected chi connectivity index (χ1v) is 9.06. The van der Waals surface area contributed by atoms with Crippen LogP contribution in [0.15, 0.2) is 60.9 Å². The van der Waals surface area contributed by atoms with Crippen molar-refractivity contribution in [3.05, 3.63) is 72.3 Å². The van der Waals surface area contributed by atoms with Crippen molar-refractivity contribution < 1.29 is 0 Å². The Morgan fingerprint density at radius 1 is 0.885 bits per heavy atom. The molecule has 128 valence electrons. The summed E-state index contributed by atoms with van der Waals surface area (Å²) in [6.07, 6.45) is 3.62. The van der Waals surface area contributed by atoms with Gasteiger partial charge < -0.3 is 5.32 Å². The molecular formula is C20H17N5S. The van der Waals surface area contributed by atoms with Crippen molar-refractivity contribution in [2.45, 2.75) is 13.8 Å². The summed E-state index contributed by atoms with van der Waals surface area (Å²) < 4.78 is 0. The average molecular weight is 359 g/mol. The Hall–Kier alpha value is -3.12. The molecule has 0 saturated carbocycles. The number of para-hydroxylation sites is 1. The quantitative estimate of drug-likeness (QED) is 0.554. The smallest absolute Gasteiger partial charge is 0.227 e. The second kappa shape index (κ2) is 7.01. The van der Waals surface area contributed by atoms with Gasteiger partial charge in [0.05, 0.1) is 16.3 Å². The van der Waals surface area contributed by atoms with Crippen molar-refractivity contribution in [3.8, 4) is 21.1 Å². The van der Waals surface area contributed by atoms with Gasteiger partial charge in [0.15, 0.2) is 0 Å². The number of hydrogen-bond donors (Lipinski definition) is 1. The van der Waals surface area contributed by atoms with Crippen LogP contribution in [-0.2, 0) is 0 Å². The minimum absolute atomic E-state index is 0.569. The highest BCUT2D eigenvalue weighted by Crippen LogP contribution is 2.34. The van der Waals surface area contributed by atoms with E-state index in [1.54, 1.807) is 17.5 Å². The van der Waals surface area contributed by atoms with Crippen LogP contribution in [0.5, 0.6) is 0 Å². The summed E-state index contributed by atoms with van der Waals surface area (Å²) in [7, 11) is 0. The molecule has 5 nitrogen and oxygen atoms in total. The van der Waals surface area contributed by atoms with Crippen molar-refractivity contribution in [1.82, 2.24) is 19.9 Å². The summed E-state index contributed by atoms with van der Waals surface area (Å²) in [5, 5.41) is 4.18. The van der Waals surface area contributed by atoms with Crippen molar-refractivity contribution in [1.29, 1.82) is 0 Å². The Balaban J connectivity index is 1.65. The Morgan fingerprint density at radius 2 is 1.73 bits per heavy atom. The van der Waals surface area contributed by atoms with E-state index in [9.17, 15) is 0 Å². The van der Waals surface area contributed by atoms with Crippen LogP contribution in [0.2, 0.25) is 0 Å². The van der Waals surface area contributed by atoms with Crippen LogP contribution in [0, 0.1) is 13.8 Å². The predicted octanol–water partition coefficient (Wildman–Crippen LogP) is 5.02. The molecule has 0 aliphatic heterocycles. The minimum Gasteiger partial charge on any atom is -0.324 e. The van der Waals surface area contributed by atoms with E-state index in [-0.39, 0.29) is 0 Å². The lowest BCUT2D eigenvalue weighted by molar-refractivity contribution is 1.16. The second-order valence-electron chi connectivity index (χ2n) is 5.88. The first-order valence-electron chi connectivity index (χ1n) is 8.25. The number of rotatable bonds is 4. The lowest BCUT2D eigenvalue weighted by Crippen LogP contribution is -1.97. The molecule has 26 heavy (non-hydrogen) atoms. The zero-order valence-corrected chi connectivity index (χ0v) is 15.3. The summed E-state index contributed by atoms with van der Waals surface area (Å²) in [5.74, 6) is 0.569. The predicted molar refractivity (Wildman–Crippen MR) is 106 cm³/mol. The molecule has 0 amide bonds. The van der Waals surface area contributed by atoms with Gasteiger partial charge in [-0.25, -0.2) is 15.0 Å². The molecule has 1 aromatic carbocycles. The van der Waals surface area contributed by atoms with E-state index in [0.717, 1.165) is 38.2 Å². The molecule has 0 fully saturated rings. The maximum Gasteiger partial charge on any atom is 0.227 e. The summed E-state index contributed by atoms with van der Waals surface area (Å²) in [4.78, 5) is 19.1. The van der Waals surface area contributed by atoms with E-state index in [1.165, 1.54) is 0 Å². The summed E-state index contributed by atoms with van der Waals surface area (Å²) in [5.41, 5.74) is 4.79. The lowest BCUT2D eigenvalue weighted by Gasteiger charge is -2.05. The number of anilines is 2. The zero-order valence-electron chi connectivity index (χ0n) is 14.5. The number of aryl methyl sites for hydroxylation is 2. The zero-order chi connectivity index (χ0) is 17.9. The fraction of sp³-hybridized carbons (Fsp3) is 0.100. The number of pyridine rings is 1. The fourth-order valence-electron chi connectivity index (χ4n) is 2.55. The molecule has 0 bridgehead atoms. The van der Waals surface area contributed by atoms with Gasteiger partial charge in [-0.3, -0.25) is 4.98 Å². The molecule has 0 radical (unpaired) electrons. The van der Waals surface area contributed by atoms with Gasteiger partial charge in [-0.15, -0.1) is 11.3 Å². The van der Waals surface area contributed by atoms with Gasteiger partial charge in [-0.1, -0.05) is 18.2 Å². The molecule has 0 unspecified atom stereocenters. The molecule has 1 N–H and O–H groups in total. The molecule has 4 rings (SSSR count). The standard InChI is InChI=1S/C20H17N5S/c1-13-8-9-15(12-22-13)19-23-14(2)18(26-19)17-10-11-21-20(25-17)24-16-6-4-3-5-7-16/h3-12H,1-2H3,(H,21,24,25). The maximum absolute atomic E-state index is 4.70. The van der Waals surface area contributed by atoms with Gasteiger partial charge in [0.1, 0.15) is 5.01 Å². The van der Waals surface area contributed by atoms with Crippen LogP contribution in [0.4, 0.5) is 11.6 Å². The monoisotopic (exact) mass is 359 g/mol. The van der Waals surface area contributed by atoms with Crippen molar-refractivity contribution in [2.75, 3.05) is 5.32 Å². The van der Waals surface area contributed by atoms with Gasteiger partial charge in [-0.2, -0.15) is 0 Å². The molecule has 0 spiro atoms. The molecular weight excluding hydrogens is 342 g/mol. The van der Waals surface area contributed by atoms with Gasteiger partial charge in [-0.05, 0) is 44.2 Å². The third-order valence-electron chi connectivity index (χ3n) is 3.87. The number of thiazole rings is 1. The van der Waals surface area contributed by atoms with Crippen LogP contribution in [0.25, 0.3) is 21.1 Å². The van der Waals surface area contributed by atoms with Crippen molar-refractivity contribution in [2.24, 2.45) is 0 Å². The van der Waals surface area contributed by atoms with Crippen LogP contribution in [0.3, 0.4) is 0 Å². The van der Waals surface area contributed by atoms with Crippen molar-refractivity contribution in [3.63, 3.8) is 0 Å². The Kier molecular flexibility index (Phi) is 4.41. The largest absolute Gasteiger partial charge is 0.324 e. The molecule has 0 saturated heterocycles. The van der Waals surface area contributed by atoms with E-state index < -0.39 is 0 Å². The van der Waals surface area contributed by atoms with Crippen LogP contribution >= 0.6 is 11.3 Å². The third-order valence-corrected chi connectivity index (χ3v) is 5.10. The Morgan fingerprint density at radius 3 is 2.50 bits per heavy atom. The molecule has 4 aromatic rings. The molecule has 3 heterocycles. The van der Waals surface area contributed by atoms with Crippen molar-refractivity contribution >= 4 is 23.0 Å². The second-order valence-corrected chi connectivity index (χ2v) is 6.88. The van der Waals surface area contributed by atoms with Gasteiger partial charge >= 0.3 is 0 Å². The van der Waals surface area contributed by atoms with E-state index in [0.29, 0.717) is 5.95 Å². The first-order chi connectivity index (χ1) is 12.7. The topological polar surface area (TPSA) is 63.6 Å². The van der Waals surface area contributed by atoms with E-state index in [2.05, 4.69) is 20.3 Å². The van der Waals surface area contributed by atoms with Gasteiger partial charge in [0.25, 0.3) is 0 Å². The average Bonchev–Trinajstić information content (AvgIpc) is 3.05. The number of nitrogens with zero attached hydrogens (tertiary/aromatic N) is 4. The van der Waals surface area contributed by atoms with E-state index >= 15 is 0 Å². The molecule has 0 atom stereocenters. The summed E-state index contributed by atoms with van der Waals surface area (Å²) in [6, 6.07) is 15.8. The summed E-state index contributed by atoms with van der Waals surface area (Å²) in [6.45, 7) is 3.98. The molecule has 6 heteroatoms. The van der Waals surface area contributed by atoms with E-state index in [4.69, 9.17) is 4.98 Å². The van der Waals surface area contributed by atoms with Gasteiger partial charge in [0.2, 0.25) is 5.95 Å². The third kappa shape index (κ3) is 3.45. The van der Waals surface area contributed by atoms with Crippen LogP contribution < -0.4 is 5.32 Å². The molecule has 0 aliphatic rings. The molecule has 0 aliphatic carbocycles. The lowest BCUT2D eigenvalue weighted by atomic mass is 10.2. The SMILES string of the molecule is Cc1ccc(-c2nc(C)c(-c3ccnc(Nc4ccccc4)n3)s2)cn1. The number of benzene rings is 1. The highest BCUT2D eigenvalue weighted by Gasteiger charge is 2.13. The van der Waals surface area contributed by atoms with Crippen LogP contribution in [0.1, 0.15) is 11.4 Å². The fourth-order valence-corrected chi connectivity index (χ4v) is 3.57. The first kappa shape index (κ1) is 16.4. The molecule has 3 aromatic heterocycles.